The first-order chi connectivity index (χ1) is 12.7. The topological polar surface area (TPSA) is 75.0 Å². The highest BCUT2D eigenvalue weighted by Gasteiger charge is 2.28. The summed E-state index contributed by atoms with van der Waals surface area (Å²) in [6.07, 6.45) is 4.62. The van der Waals surface area contributed by atoms with Gasteiger partial charge in [-0.3, -0.25) is 9.89 Å². The molecule has 0 aliphatic heterocycles. The van der Waals surface area contributed by atoms with Crippen LogP contribution in [0, 0.1) is 0 Å². The highest BCUT2D eigenvalue weighted by atomic mass is 32.2. The third-order valence-electron chi connectivity index (χ3n) is 4.74. The minimum absolute atomic E-state index is 0.0809. The first kappa shape index (κ1) is 16.9. The van der Waals surface area contributed by atoms with Crippen LogP contribution in [0.3, 0.4) is 0 Å². The lowest BCUT2D eigenvalue weighted by molar-refractivity contribution is 0.0681. The van der Waals surface area contributed by atoms with Gasteiger partial charge >= 0.3 is 0 Å². The highest BCUT2D eigenvalue weighted by Crippen LogP contribution is 2.34. The number of aromatic nitrogens is 3. The van der Waals surface area contributed by atoms with E-state index in [1.54, 1.807) is 6.07 Å². The van der Waals surface area contributed by atoms with Crippen molar-refractivity contribution in [3.63, 3.8) is 0 Å². The van der Waals surface area contributed by atoms with E-state index in [4.69, 9.17) is 4.42 Å². The Kier molecular flexibility index (Phi) is 4.79. The first-order valence-electron chi connectivity index (χ1n) is 8.64. The van der Waals surface area contributed by atoms with Gasteiger partial charge in [0.25, 0.3) is 5.91 Å². The van der Waals surface area contributed by atoms with Crippen LogP contribution in [0.15, 0.2) is 52.3 Å². The van der Waals surface area contributed by atoms with Gasteiger partial charge in [-0.25, -0.2) is 4.98 Å². The number of furan rings is 1. The number of thioether (sulfide) groups is 1. The Hall–Kier alpha value is -2.54. The third-order valence-corrected chi connectivity index (χ3v) is 5.64. The van der Waals surface area contributed by atoms with Crippen LogP contribution in [0.5, 0.6) is 0 Å². The molecule has 2 heterocycles. The molecule has 0 spiro atoms. The lowest BCUT2D eigenvalue weighted by atomic mass is 9.87. The predicted octanol–water partition coefficient (Wildman–Crippen LogP) is 3.84. The molecule has 0 bridgehead atoms. The maximum absolute atomic E-state index is 12.9. The van der Waals surface area contributed by atoms with E-state index < -0.39 is 0 Å². The Morgan fingerprint density at radius 1 is 1.35 bits per heavy atom. The number of hydrogen-bond donors (Lipinski definition) is 1. The van der Waals surface area contributed by atoms with Gasteiger partial charge in [-0.1, -0.05) is 36.0 Å². The number of hydrogen-bond acceptors (Lipinski definition) is 5. The summed E-state index contributed by atoms with van der Waals surface area (Å²) in [7, 11) is 1.86. The molecule has 1 amide bonds. The van der Waals surface area contributed by atoms with Crippen LogP contribution in [0.25, 0.3) is 0 Å². The molecule has 1 N–H and O–H groups in total. The van der Waals surface area contributed by atoms with Crippen molar-refractivity contribution in [3.05, 3.63) is 65.4 Å². The van der Waals surface area contributed by atoms with Crippen LogP contribution in [0.2, 0.25) is 0 Å². The van der Waals surface area contributed by atoms with Crippen LogP contribution in [0.1, 0.15) is 46.3 Å². The average Bonchev–Trinajstić information content (AvgIpc) is 3.36. The van der Waals surface area contributed by atoms with Crippen molar-refractivity contribution < 1.29 is 9.21 Å². The van der Waals surface area contributed by atoms with E-state index in [2.05, 4.69) is 33.4 Å². The van der Waals surface area contributed by atoms with Crippen molar-refractivity contribution in [2.75, 3.05) is 7.05 Å². The van der Waals surface area contributed by atoms with Gasteiger partial charge in [0.05, 0.1) is 11.8 Å². The fraction of sp³-hybridized carbons (Fsp3) is 0.316. The summed E-state index contributed by atoms with van der Waals surface area (Å²) in [6, 6.07) is 12.1. The van der Waals surface area contributed by atoms with Crippen molar-refractivity contribution >= 4 is 17.7 Å². The van der Waals surface area contributed by atoms with Crippen molar-refractivity contribution in [1.29, 1.82) is 0 Å². The molecule has 6 nitrogen and oxygen atoms in total. The molecule has 0 radical (unpaired) electrons. The molecule has 7 heteroatoms. The van der Waals surface area contributed by atoms with Crippen LogP contribution in [-0.2, 0) is 12.2 Å². The van der Waals surface area contributed by atoms with Gasteiger partial charge < -0.3 is 9.32 Å². The second-order valence-corrected chi connectivity index (χ2v) is 7.33. The Morgan fingerprint density at radius 3 is 3.08 bits per heavy atom. The number of rotatable bonds is 5. The monoisotopic (exact) mass is 368 g/mol. The summed E-state index contributed by atoms with van der Waals surface area (Å²) in [6.45, 7) is 0. The van der Waals surface area contributed by atoms with Crippen molar-refractivity contribution in [3.8, 4) is 0 Å². The fourth-order valence-electron chi connectivity index (χ4n) is 3.42. The van der Waals surface area contributed by atoms with Crippen molar-refractivity contribution in [2.24, 2.45) is 0 Å². The predicted molar refractivity (Wildman–Crippen MR) is 98.9 cm³/mol. The van der Waals surface area contributed by atoms with Gasteiger partial charge in [0.15, 0.2) is 10.9 Å². The van der Waals surface area contributed by atoms with E-state index in [9.17, 15) is 4.79 Å². The number of amides is 1. The summed E-state index contributed by atoms with van der Waals surface area (Å²) in [5.74, 6) is 1.64. The van der Waals surface area contributed by atoms with E-state index in [0.717, 1.165) is 30.2 Å². The zero-order valence-electron chi connectivity index (χ0n) is 14.5. The number of nitrogens with one attached hydrogen (secondary N) is 1. The number of aryl methyl sites for hydroxylation is 1. The molecule has 0 saturated heterocycles. The van der Waals surface area contributed by atoms with E-state index >= 15 is 0 Å². The zero-order valence-corrected chi connectivity index (χ0v) is 15.3. The minimum atomic E-state index is -0.0809. The minimum Gasteiger partial charge on any atom is -0.455 e. The number of nitrogens with zero attached hydrogens (tertiary/aromatic N) is 3. The molecule has 0 unspecified atom stereocenters. The Morgan fingerprint density at radius 2 is 2.23 bits per heavy atom. The van der Waals surface area contributed by atoms with Crippen LogP contribution >= 0.6 is 11.8 Å². The molecule has 26 heavy (non-hydrogen) atoms. The van der Waals surface area contributed by atoms with Crippen LogP contribution < -0.4 is 0 Å². The third kappa shape index (κ3) is 3.39. The second-order valence-electron chi connectivity index (χ2n) is 6.37. The quantitative estimate of drug-likeness (QED) is 0.693. The molecule has 3 aromatic rings. The van der Waals surface area contributed by atoms with Gasteiger partial charge in [0.1, 0.15) is 12.1 Å². The Balaban J connectivity index is 1.46. The number of benzene rings is 1. The molecule has 1 aliphatic rings. The van der Waals surface area contributed by atoms with Crippen molar-refractivity contribution in [2.45, 2.75) is 36.2 Å². The van der Waals surface area contributed by atoms with Gasteiger partial charge in [0.2, 0.25) is 0 Å². The van der Waals surface area contributed by atoms with Gasteiger partial charge in [-0.15, -0.1) is 0 Å². The lowest BCUT2D eigenvalue weighted by Gasteiger charge is -2.32. The summed E-state index contributed by atoms with van der Waals surface area (Å²) in [5.41, 5.74) is 2.59. The van der Waals surface area contributed by atoms with Gasteiger partial charge in [-0.05, 0) is 42.5 Å². The summed E-state index contributed by atoms with van der Waals surface area (Å²) < 4.78 is 5.77. The molecule has 134 valence electrons. The molecular weight excluding hydrogens is 348 g/mol. The molecule has 1 aliphatic carbocycles. The van der Waals surface area contributed by atoms with E-state index in [0.29, 0.717) is 11.5 Å². The second kappa shape index (κ2) is 7.37. The maximum atomic E-state index is 12.9. The largest absolute Gasteiger partial charge is 0.455 e. The Bertz CT molecular complexity index is 891. The summed E-state index contributed by atoms with van der Waals surface area (Å²) >= 11 is 1.48. The molecule has 4 rings (SSSR count). The average molecular weight is 368 g/mol. The Labute approximate surface area is 156 Å². The highest BCUT2D eigenvalue weighted by molar-refractivity contribution is 7.98. The number of carbonyl (C=O) groups is 1. The van der Waals surface area contributed by atoms with Crippen molar-refractivity contribution in [1.82, 2.24) is 20.1 Å². The van der Waals surface area contributed by atoms with Gasteiger partial charge in [-0.2, -0.15) is 5.10 Å². The first-order valence-corrected chi connectivity index (χ1v) is 9.63. The number of H-pyrrole nitrogens is 1. The van der Waals surface area contributed by atoms with Gasteiger partial charge in [0, 0.05) is 7.05 Å². The maximum Gasteiger partial charge on any atom is 0.289 e. The normalized spacial score (nSPS) is 16.3. The number of fused-ring (bicyclic) bond motifs is 1. The van der Waals surface area contributed by atoms with E-state index in [1.807, 2.05) is 24.1 Å². The molecule has 0 fully saturated rings. The molecule has 0 saturated carbocycles. The molecule has 2 aromatic heterocycles. The molecule has 1 atom stereocenters. The van der Waals surface area contributed by atoms with E-state index in [-0.39, 0.29) is 11.9 Å². The smallest absolute Gasteiger partial charge is 0.289 e. The van der Waals surface area contributed by atoms with Crippen LogP contribution in [0.4, 0.5) is 0 Å². The van der Waals surface area contributed by atoms with E-state index in [1.165, 1.54) is 29.2 Å². The number of carbonyl (C=O) groups excluding carboxylic acids is 1. The SMILES string of the molecule is CN(C(=O)c1ccc(CSc2ncn[nH]2)o1)[C@@H]1CCCc2ccccc21. The zero-order chi connectivity index (χ0) is 17.9. The fourth-order valence-corrected chi connectivity index (χ4v) is 4.09. The number of aromatic amines is 1. The molecule has 1 aromatic carbocycles. The summed E-state index contributed by atoms with van der Waals surface area (Å²) in [4.78, 5) is 18.8. The lowest BCUT2D eigenvalue weighted by Crippen LogP contribution is -2.33. The molecular formula is C19H20N4O2S. The van der Waals surface area contributed by atoms with Crippen LogP contribution in [-0.4, -0.2) is 33.0 Å². The summed E-state index contributed by atoms with van der Waals surface area (Å²) in [5, 5.41) is 7.33. The standard InChI is InChI=1S/C19H20N4O2S/c1-23(16-8-4-6-13-5-2-3-7-15(13)16)18(24)17-10-9-14(25-17)11-26-19-20-12-21-22-19/h2-3,5,7,9-10,12,16H,4,6,8,11H2,1H3,(H,20,21,22)/t16-/m1/s1.